The fourth-order valence-electron chi connectivity index (χ4n) is 2.56. The standard InChI is InChI=1S/C14H21N3O2/c1-19-9-10-4-5-17(7-10)8-12-3-2-11(14(16)18)6-13(12)15/h2-3,6,10H,4-5,7-9,15H2,1H3,(H2,16,18). The molecule has 1 aliphatic heterocycles. The Morgan fingerprint density at radius 3 is 2.95 bits per heavy atom. The Labute approximate surface area is 113 Å². The van der Waals surface area contributed by atoms with E-state index in [1.54, 1.807) is 19.2 Å². The Bertz CT molecular complexity index is 462. The molecule has 0 bridgehead atoms. The van der Waals surface area contributed by atoms with Crippen molar-refractivity contribution in [3.8, 4) is 0 Å². The molecule has 0 aromatic heterocycles. The van der Waals surface area contributed by atoms with Crippen molar-refractivity contribution in [1.82, 2.24) is 4.90 Å². The predicted octanol–water partition coefficient (Wildman–Crippen LogP) is 0.836. The van der Waals surface area contributed by atoms with Crippen LogP contribution in [-0.2, 0) is 11.3 Å². The number of amides is 1. The highest BCUT2D eigenvalue weighted by molar-refractivity contribution is 5.93. The number of likely N-dealkylation sites (tertiary alicyclic amines) is 1. The predicted molar refractivity (Wildman–Crippen MR) is 74.6 cm³/mol. The number of rotatable bonds is 5. The van der Waals surface area contributed by atoms with Crippen molar-refractivity contribution in [3.05, 3.63) is 29.3 Å². The summed E-state index contributed by atoms with van der Waals surface area (Å²) in [7, 11) is 1.74. The van der Waals surface area contributed by atoms with Gasteiger partial charge in [-0.3, -0.25) is 9.69 Å². The van der Waals surface area contributed by atoms with E-state index in [9.17, 15) is 4.79 Å². The second-order valence-corrected chi connectivity index (χ2v) is 5.12. The van der Waals surface area contributed by atoms with Crippen LogP contribution in [0.3, 0.4) is 0 Å². The average Bonchev–Trinajstić information content (AvgIpc) is 2.79. The molecule has 1 aliphatic rings. The van der Waals surface area contributed by atoms with Crippen LogP contribution in [-0.4, -0.2) is 37.6 Å². The SMILES string of the molecule is COCC1CCN(Cc2ccc(C(N)=O)cc2N)C1. The van der Waals surface area contributed by atoms with Gasteiger partial charge in [0.1, 0.15) is 0 Å². The number of nitrogens with two attached hydrogens (primary N) is 2. The third-order valence-corrected chi connectivity index (χ3v) is 3.60. The van der Waals surface area contributed by atoms with Gasteiger partial charge in [-0.25, -0.2) is 0 Å². The van der Waals surface area contributed by atoms with Gasteiger partial charge in [-0.05, 0) is 36.6 Å². The Morgan fingerprint density at radius 1 is 1.53 bits per heavy atom. The number of anilines is 1. The third-order valence-electron chi connectivity index (χ3n) is 3.60. The molecule has 1 atom stereocenters. The number of primary amides is 1. The van der Waals surface area contributed by atoms with Gasteiger partial charge in [0.05, 0.1) is 6.61 Å². The smallest absolute Gasteiger partial charge is 0.248 e. The number of hydrogen-bond acceptors (Lipinski definition) is 4. The summed E-state index contributed by atoms with van der Waals surface area (Å²) in [6.45, 7) is 3.72. The molecule has 5 nitrogen and oxygen atoms in total. The van der Waals surface area contributed by atoms with E-state index >= 15 is 0 Å². The van der Waals surface area contributed by atoms with Crippen LogP contribution in [0, 0.1) is 5.92 Å². The number of methoxy groups -OCH3 is 1. The van der Waals surface area contributed by atoms with Crippen molar-refractivity contribution in [2.75, 3.05) is 32.5 Å². The number of ether oxygens (including phenoxy) is 1. The topological polar surface area (TPSA) is 81.6 Å². The maximum Gasteiger partial charge on any atom is 0.248 e. The number of benzene rings is 1. The Kier molecular flexibility index (Phi) is 4.39. The highest BCUT2D eigenvalue weighted by Crippen LogP contribution is 2.22. The van der Waals surface area contributed by atoms with E-state index in [1.165, 1.54) is 0 Å². The van der Waals surface area contributed by atoms with E-state index in [4.69, 9.17) is 16.2 Å². The molecule has 2 rings (SSSR count). The maximum absolute atomic E-state index is 11.1. The minimum Gasteiger partial charge on any atom is -0.398 e. The van der Waals surface area contributed by atoms with E-state index in [0.717, 1.165) is 38.2 Å². The quantitative estimate of drug-likeness (QED) is 0.771. The summed E-state index contributed by atoms with van der Waals surface area (Å²) in [5.74, 6) is 0.163. The molecule has 1 heterocycles. The normalized spacial score (nSPS) is 19.7. The number of hydrogen-bond donors (Lipinski definition) is 2. The average molecular weight is 263 g/mol. The van der Waals surface area contributed by atoms with Gasteiger partial charge in [0.15, 0.2) is 0 Å². The second kappa shape index (κ2) is 6.04. The molecular formula is C14H21N3O2. The fraction of sp³-hybridized carbons (Fsp3) is 0.500. The number of carbonyl (C=O) groups is 1. The van der Waals surface area contributed by atoms with Gasteiger partial charge in [0.25, 0.3) is 0 Å². The molecule has 0 aliphatic carbocycles. The van der Waals surface area contributed by atoms with Crippen molar-refractivity contribution >= 4 is 11.6 Å². The monoisotopic (exact) mass is 263 g/mol. The van der Waals surface area contributed by atoms with Gasteiger partial charge >= 0.3 is 0 Å². The summed E-state index contributed by atoms with van der Waals surface area (Å²) >= 11 is 0. The molecule has 0 radical (unpaired) electrons. The first-order chi connectivity index (χ1) is 9.10. The van der Waals surface area contributed by atoms with Crippen LogP contribution in [0.5, 0.6) is 0 Å². The van der Waals surface area contributed by atoms with Gasteiger partial charge in [-0.1, -0.05) is 6.07 Å². The summed E-state index contributed by atoms with van der Waals surface area (Å²) in [5.41, 5.74) is 13.3. The molecule has 1 aromatic carbocycles. The fourth-order valence-corrected chi connectivity index (χ4v) is 2.56. The van der Waals surface area contributed by atoms with E-state index in [2.05, 4.69) is 4.90 Å². The van der Waals surface area contributed by atoms with E-state index in [1.807, 2.05) is 6.07 Å². The molecule has 1 aromatic rings. The molecule has 0 spiro atoms. The minimum absolute atomic E-state index is 0.445. The summed E-state index contributed by atoms with van der Waals surface area (Å²) in [6.07, 6.45) is 1.16. The third kappa shape index (κ3) is 3.45. The molecule has 1 unspecified atom stereocenters. The zero-order chi connectivity index (χ0) is 13.8. The van der Waals surface area contributed by atoms with Crippen LogP contribution >= 0.6 is 0 Å². The van der Waals surface area contributed by atoms with Crippen LogP contribution < -0.4 is 11.5 Å². The molecular weight excluding hydrogens is 242 g/mol. The van der Waals surface area contributed by atoms with Crippen LogP contribution in [0.25, 0.3) is 0 Å². The first-order valence-corrected chi connectivity index (χ1v) is 6.49. The van der Waals surface area contributed by atoms with E-state index in [0.29, 0.717) is 17.2 Å². The summed E-state index contributed by atoms with van der Waals surface area (Å²) in [5, 5.41) is 0. The summed E-state index contributed by atoms with van der Waals surface area (Å²) in [4.78, 5) is 13.4. The highest BCUT2D eigenvalue weighted by atomic mass is 16.5. The molecule has 5 heteroatoms. The van der Waals surface area contributed by atoms with Crippen LogP contribution in [0.2, 0.25) is 0 Å². The number of nitrogens with zero attached hydrogens (tertiary/aromatic N) is 1. The summed E-state index contributed by atoms with van der Waals surface area (Å²) in [6, 6.07) is 5.27. The van der Waals surface area contributed by atoms with E-state index < -0.39 is 5.91 Å². The lowest BCUT2D eigenvalue weighted by molar-refractivity contribution is 0.100. The molecule has 4 N–H and O–H groups in total. The van der Waals surface area contributed by atoms with E-state index in [-0.39, 0.29) is 0 Å². The van der Waals surface area contributed by atoms with Crippen molar-refractivity contribution in [2.24, 2.45) is 11.7 Å². The second-order valence-electron chi connectivity index (χ2n) is 5.12. The molecule has 104 valence electrons. The highest BCUT2D eigenvalue weighted by Gasteiger charge is 2.22. The largest absolute Gasteiger partial charge is 0.398 e. The number of nitrogen functional groups attached to an aromatic ring is 1. The Balaban J connectivity index is 1.98. The van der Waals surface area contributed by atoms with Crippen LogP contribution in [0.4, 0.5) is 5.69 Å². The van der Waals surface area contributed by atoms with Gasteiger partial charge < -0.3 is 16.2 Å². The van der Waals surface area contributed by atoms with Crippen LogP contribution in [0.1, 0.15) is 22.3 Å². The lowest BCUT2D eigenvalue weighted by Crippen LogP contribution is -2.22. The molecule has 1 fully saturated rings. The molecule has 1 saturated heterocycles. The zero-order valence-corrected chi connectivity index (χ0v) is 11.3. The molecule has 0 saturated carbocycles. The lowest BCUT2D eigenvalue weighted by Gasteiger charge is -2.17. The van der Waals surface area contributed by atoms with Gasteiger partial charge in [-0.15, -0.1) is 0 Å². The summed E-state index contributed by atoms with van der Waals surface area (Å²) < 4.78 is 5.19. The minimum atomic E-state index is -0.445. The first-order valence-electron chi connectivity index (χ1n) is 6.49. The maximum atomic E-state index is 11.1. The molecule has 1 amide bonds. The van der Waals surface area contributed by atoms with Crippen molar-refractivity contribution in [1.29, 1.82) is 0 Å². The van der Waals surface area contributed by atoms with Crippen molar-refractivity contribution in [2.45, 2.75) is 13.0 Å². The van der Waals surface area contributed by atoms with Gasteiger partial charge in [0.2, 0.25) is 5.91 Å². The van der Waals surface area contributed by atoms with Crippen molar-refractivity contribution in [3.63, 3.8) is 0 Å². The van der Waals surface area contributed by atoms with Crippen molar-refractivity contribution < 1.29 is 9.53 Å². The Hall–Kier alpha value is -1.59. The van der Waals surface area contributed by atoms with Gasteiger partial charge in [0, 0.05) is 31.5 Å². The van der Waals surface area contributed by atoms with Gasteiger partial charge in [-0.2, -0.15) is 0 Å². The molecule has 19 heavy (non-hydrogen) atoms. The zero-order valence-electron chi connectivity index (χ0n) is 11.3. The first kappa shape index (κ1) is 13.8. The lowest BCUT2D eigenvalue weighted by atomic mass is 10.1. The van der Waals surface area contributed by atoms with Crippen LogP contribution in [0.15, 0.2) is 18.2 Å². The Morgan fingerprint density at radius 2 is 2.32 bits per heavy atom. The number of carbonyl (C=O) groups excluding carboxylic acids is 1.